The third-order valence-corrected chi connectivity index (χ3v) is 2.32. The second-order valence-corrected chi connectivity index (χ2v) is 3.93. The highest BCUT2D eigenvalue weighted by molar-refractivity contribution is 5.82. The lowest BCUT2D eigenvalue weighted by Gasteiger charge is -2.19. The molecular formula is C13H14F3NO4. The molecule has 0 aliphatic heterocycles. The van der Waals surface area contributed by atoms with E-state index in [9.17, 15) is 22.8 Å². The van der Waals surface area contributed by atoms with Gasteiger partial charge in [0.25, 0.3) is 0 Å². The topological polar surface area (TPSA) is 64.6 Å². The number of hydrogen-bond acceptors (Lipinski definition) is 4. The Hall–Kier alpha value is -2.25. The lowest BCUT2D eigenvalue weighted by Crippen LogP contribution is -2.51. The minimum atomic E-state index is -4.96. The first-order valence-electron chi connectivity index (χ1n) is 6.05. The minimum absolute atomic E-state index is 0.208. The molecule has 116 valence electrons. The number of ether oxygens (including phenoxy) is 2. The first-order chi connectivity index (χ1) is 9.84. The van der Waals surface area contributed by atoms with Crippen LogP contribution in [-0.4, -0.2) is 30.9 Å². The van der Waals surface area contributed by atoms with Crippen molar-refractivity contribution in [2.24, 2.45) is 0 Å². The van der Waals surface area contributed by atoms with E-state index in [-0.39, 0.29) is 13.2 Å². The summed E-state index contributed by atoms with van der Waals surface area (Å²) < 4.78 is 46.8. The van der Waals surface area contributed by atoms with E-state index < -0.39 is 24.3 Å². The molecular weight excluding hydrogens is 291 g/mol. The highest BCUT2D eigenvalue weighted by Crippen LogP contribution is 2.21. The maximum Gasteiger partial charge on any atom is 0.419 e. The lowest BCUT2D eigenvalue weighted by molar-refractivity contribution is -0.183. The predicted molar refractivity (Wildman–Crippen MR) is 66.2 cm³/mol. The number of halogens is 3. The molecule has 1 amide bonds. The largest absolute Gasteiger partial charge is 0.464 e. The van der Waals surface area contributed by atoms with Gasteiger partial charge in [0.1, 0.15) is 6.61 Å². The molecule has 0 unspecified atom stereocenters. The fourth-order valence-corrected chi connectivity index (χ4v) is 1.38. The second-order valence-electron chi connectivity index (χ2n) is 3.93. The maximum atomic E-state index is 12.6. The van der Waals surface area contributed by atoms with Crippen LogP contribution in [0.1, 0.15) is 12.5 Å². The average Bonchev–Trinajstić information content (AvgIpc) is 2.42. The molecule has 0 saturated carbocycles. The minimum Gasteiger partial charge on any atom is -0.464 e. The van der Waals surface area contributed by atoms with Gasteiger partial charge in [-0.25, -0.2) is 9.59 Å². The van der Waals surface area contributed by atoms with Crippen molar-refractivity contribution in [2.75, 3.05) is 6.61 Å². The van der Waals surface area contributed by atoms with Crippen LogP contribution in [0.4, 0.5) is 18.0 Å². The fourth-order valence-electron chi connectivity index (χ4n) is 1.38. The number of carbonyl (C=O) groups is 2. The highest BCUT2D eigenvalue weighted by Gasteiger charge is 2.47. The number of amides is 1. The van der Waals surface area contributed by atoms with Gasteiger partial charge in [-0.1, -0.05) is 30.3 Å². The molecule has 0 saturated heterocycles. The van der Waals surface area contributed by atoms with Gasteiger partial charge >= 0.3 is 18.2 Å². The molecule has 1 rings (SSSR count). The van der Waals surface area contributed by atoms with Gasteiger partial charge in [-0.2, -0.15) is 13.2 Å². The van der Waals surface area contributed by atoms with Crippen molar-refractivity contribution in [3.05, 3.63) is 35.9 Å². The van der Waals surface area contributed by atoms with Gasteiger partial charge in [0.05, 0.1) is 6.61 Å². The van der Waals surface area contributed by atoms with Gasteiger partial charge in [-0.05, 0) is 12.5 Å². The van der Waals surface area contributed by atoms with E-state index >= 15 is 0 Å². The first-order valence-corrected chi connectivity index (χ1v) is 6.05. The Balaban J connectivity index is 2.58. The van der Waals surface area contributed by atoms with Crippen LogP contribution in [-0.2, 0) is 20.9 Å². The van der Waals surface area contributed by atoms with Gasteiger partial charge in [0.15, 0.2) is 0 Å². The molecule has 8 heteroatoms. The normalized spacial score (nSPS) is 12.4. The Bertz CT molecular complexity index is 476. The monoisotopic (exact) mass is 305 g/mol. The van der Waals surface area contributed by atoms with Crippen LogP contribution in [0.5, 0.6) is 0 Å². The summed E-state index contributed by atoms with van der Waals surface area (Å²) >= 11 is 0. The van der Waals surface area contributed by atoms with E-state index in [4.69, 9.17) is 0 Å². The van der Waals surface area contributed by atoms with Crippen molar-refractivity contribution in [3.8, 4) is 0 Å². The Kier molecular flexibility index (Phi) is 6.01. The molecule has 1 atom stereocenters. The zero-order chi connectivity index (χ0) is 15.9. The molecule has 0 aromatic heterocycles. The van der Waals surface area contributed by atoms with E-state index in [2.05, 4.69) is 9.47 Å². The summed E-state index contributed by atoms with van der Waals surface area (Å²) in [5.41, 5.74) is 0.604. The number of nitrogens with one attached hydrogen (secondary N) is 1. The predicted octanol–water partition coefficient (Wildman–Crippen LogP) is 2.41. The van der Waals surface area contributed by atoms with E-state index in [1.54, 1.807) is 30.3 Å². The summed E-state index contributed by atoms with van der Waals surface area (Å²) in [6, 6.07) is 5.64. The second kappa shape index (κ2) is 7.51. The fraction of sp³-hybridized carbons (Fsp3) is 0.385. The summed E-state index contributed by atoms with van der Waals surface area (Å²) in [4.78, 5) is 22.5. The number of esters is 1. The standard InChI is InChI=1S/C13H14F3NO4/c1-2-20-11(18)10(13(14,15)16)17-12(19)21-8-9-6-4-3-5-7-9/h3-7,10H,2,8H2,1H3,(H,17,19)/t10-/m0/s1. The molecule has 1 aromatic rings. The van der Waals surface area contributed by atoms with Crippen molar-refractivity contribution in [3.63, 3.8) is 0 Å². The van der Waals surface area contributed by atoms with Gasteiger partial charge in [-0.15, -0.1) is 0 Å². The zero-order valence-corrected chi connectivity index (χ0v) is 11.1. The number of alkyl halides is 3. The summed E-state index contributed by atoms with van der Waals surface area (Å²) in [6.07, 6.45) is -6.31. The molecule has 1 N–H and O–H groups in total. The third kappa shape index (κ3) is 5.72. The molecule has 0 radical (unpaired) electrons. The Morgan fingerprint density at radius 3 is 2.33 bits per heavy atom. The van der Waals surface area contributed by atoms with Crippen molar-refractivity contribution < 1.29 is 32.2 Å². The first kappa shape index (κ1) is 16.8. The van der Waals surface area contributed by atoms with Gasteiger partial charge in [0.2, 0.25) is 6.04 Å². The quantitative estimate of drug-likeness (QED) is 0.848. The molecule has 5 nitrogen and oxygen atoms in total. The Labute approximate surface area is 119 Å². The van der Waals surface area contributed by atoms with E-state index in [1.165, 1.54) is 12.2 Å². The Morgan fingerprint density at radius 2 is 1.81 bits per heavy atom. The number of rotatable bonds is 5. The maximum absolute atomic E-state index is 12.6. The molecule has 0 bridgehead atoms. The average molecular weight is 305 g/mol. The van der Waals surface area contributed by atoms with Crippen LogP contribution >= 0.6 is 0 Å². The summed E-state index contributed by atoms with van der Waals surface area (Å²) in [5, 5.41) is 1.45. The summed E-state index contributed by atoms with van der Waals surface area (Å²) in [6.45, 7) is 0.922. The van der Waals surface area contributed by atoms with Crippen LogP contribution in [0.15, 0.2) is 30.3 Å². The van der Waals surface area contributed by atoms with Crippen LogP contribution in [0.2, 0.25) is 0 Å². The molecule has 0 fully saturated rings. The zero-order valence-electron chi connectivity index (χ0n) is 11.1. The van der Waals surface area contributed by atoms with Crippen LogP contribution in [0, 0.1) is 0 Å². The molecule has 1 aromatic carbocycles. The molecule has 0 aliphatic carbocycles. The molecule has 0 heterocycles. The number of alkyl carbamates (subject to hydrolysis) is 1. The van der Waals surface area contributed by atoms with Crippen molar-refractivity contribution in [1.29, 1.82) is 0 Å². The van der Waals surface area contributed by atoms with Gasteiger partial charge in [-0.3, -0.25) is 5.32 Å². The highest BCUT2D eigenvalue weighted by atomic mass is 19.4. The van der Waals surface area contributed by atoms with Gasteiger partial charge in [0, 0.05) is 0 Å². The summed E-state index contributed by atoms with van der Waals surface area (Å²) in [5.74, 6) is -1.58. The Morgan fingerprint density at radius 1 is 1.19 bits per heavy atom. The van der Waals surface area contributed by atoms with Crippen LogP contribution in [0.3, 0.4) is 0 Å². The van der Waals surface area contributed by atoms with Crippen LogP contribution in [0.25, 0.3) is 0 Å². The van der Waals surface area contributed by atoms with Gasteiger partial charge < -0.3 is 9.47 Å². The van der Waals surface area contributed by atoms with E-state index in [0.29, 0.717) is 5.56 Å². The molecule has 0 aliphatic rings. The van der Waals surface area contributed by atoms with Crippen LogP contribution < -0.4 is 5.32 Å². The van der Waals surface area contributed by atoms with E-state index in [0.717, 1.165) is 0 Å². The SMILES string of the molecule is CCOC(=O)[C@H](NC(=O)OCc1ccccc1)C(F)(F)F. The smallest absolute Gasteiger partial charge is 0.419 e. The third-order valence-electron chi connectivity index (χ3n) is 2.32. The number of carbonyl (C=O) groups excluding carboxylic acids is 2. The van der Waals surface area contributed by atoms with Crippen molar-refractivity contribution in [2.45, 2.75) is 25.7 Å². The molecule has 21 heavy (non-hydrogen) atoms. The van der Waals surface area contributed by atoms with Crippen molar-refractivity contribution >= 4 is 12.1 Å². The lowest BCUT2D eigenvalue weighted by atomic mass is 10.2. The van der Waals surface area contributed by atoms with E-state index in [1.807, 2.05) is 0 Å². The van der Waals surface area contributed by atoms with Crippen molar-refractivity contribution in [1.82, 2.24) is 5.32 Å². The number of benzene rings is 1. The summed E-state index contributed by atoms with van der Waals surface area (Å²) in [7, 11) is 0. The molecule has 0 spiro atoms. The number of hydrogen-bond donors (Lipinski definition) is 1.